The smallest absolute Gasteiger partial charge is 0.243 e. The normalized spacial score (nSPS) is 17.7. The van der Waals surface area contributed by atoms with Gasteiger partial charge in [0.1, 0.15) is 6.04 Å². The maximum atomic E-state index is 13.2. The molecule has 1 amide bonds. The number of sulfonamides is 1. The van der Waals surface area contributed by atoms with Gasteiger partial charge in [0.05, 0.1) is 15.6 Å². The second-order valence-corrected chi connectivity index (χ2v) is 9.56. The van der Waals surface area contributed by atoms with E-state index >= 15 is 0 Å². The summed E-state index contributed by atoms with van der Waals surface area (Å²) in [6.07, 6.45) is 1.79. The van der Waals surface area contributed by atoms with Gasteiger partial charge in [-0.15, -0.1) is 0 Å². The van der Waals surface area contributed by atoms with Crippen molar-refractivity contribution < 1.29 is 18.0 Å². The van der Waals surface area contributed by atoms with E-state index in [4.69, 9.17) is 23.2 Å². The molecule has 0 aliphatic carbocycles. The quantitative estimate of drug-likeness (QED) is 0.679. The Morgan fingerprint density at radius 2 is 1.76 bits per heavy atom. The SMILES string of the molecule is CC(=O)c1ccc(S(=O)(=O)N2CCCCC2C(=O)Nc2cc(Cl)ccc2Cl)cc1. The molecule has 9 heteroatoms. The second-order valence-electron chi connectivity index (χ2n) is 6.82. The monoisotopic (exact) mass is 454 g/mol. The predicted octanol–water partition coefficient (Wildman–Crippen LogP) is 4.38. The Hall–Kier alpha value is -1.93. The third-order valence-corrected chi connectivity index (χ3v) is 7.30. The van der Waals surface area contributed by atoms with Gasteiger partial charge in [-0.25, -0.2) is 8.42 Å². The largest absolute Gasteiger partial charge is 0.323 e. The Morgan fingerprint density at radius 1 is 1.07 bits per heavy atom. The van der Waals surface area contributed by atoms with Crippen molar-refractivity contribution in [1.82, 2.24) is 4.31 Å². The molecule has 154 valence electrons. The van der Waals surface area contributed by atoms with E-state index in [1.165, 1.54) is 41.6 Å². The molecule has 6 nitrogen and oxygen atoms in total. The highest BCUT2D eigenvalue weighted by molar-refractivity contribution is 7.89. The van der Waals surface area contributed by atoms with Gasteiger partial charge < -0.3 is 5.32 Å². The number of halogens is 2. The van der Waals surface area contributed by atoms with Crippen molar-refractivity contribution in [3.8, 4) is 0 Å². The number of amides is 1. The van der Waals surface area contributed by atoms with Crippen LogP contribution in [0.2, 0.25) is 10.0 Å². The average Bonchev–Trinajstić information content (AvgIpc) is 2.70. The van der Waals surface area contributed by atoms with Crippen LogP contribution in [0.5, 0.6) is 0 Å². The summed E-state index contributed by atoms with van der Waals surface area (Å²) in [6, 6.07) is 9.54. The fourth-order valence-electron chi connectivity index (χ4n) is 3.26. The molecule has 1 fully saturated rings. The van der Waals surface area contributed by atoms with Crippen LogP contribution in [0.4, 0.5) is 5.69 Å². The van der Waals surface area contributed by atoms with E-state index in [-0.39, 0.29) is 17.2 Å². The molecule has 1 N–H and O–H groups in total. The van der Waals surface area contributed by atoms with Gasteiger partial charge in [0.15, 0.2) is 5.78 Å². The van der Waals surface area contributed by atoms with Crippen LogP contribution in [0.15, 0.2) is 47.4 Å². The zero-order valence-corrected chi connectivity index (χ0v) is 18.0. The first-order valence-electron chi connectivity index (χ1n) is 9.09. The summed E-state index contributed by atoms with van der Waals surface area (Å²) in [4.78, 5) is 24.4. The van der Waals surface area contributed by atoms with Crippen LogP contribution in [0, 0.1) is 0 Å². The van der Waals surface area contributed by atoms with E-state index in [9.17, 15) is 18.0 Å². The molecule has 2 aromatic rings. The molecule has 1 heterocycles. The Labute approximate surface area is 179 Å². The average molecular weight is 455 g/mol. The van der Waals surface area contributed by atoms with Gasteiger partial charge in [0.25, 0.3) is 0 Å². The molecular weight excluding hydrogens is 435 g/mol. The van der Waals surface area contributed by atoms with Crippen molar-refractivity contribution in [3.05, 3.63) is 58.1 Å². The first-order valence-corrected chi connectivity index (χ1v) is 11.3. The number of Topliss-reactive ketones (excluding diaryl/α,β-unsaturated/α-hetero) is 1. The lowest BCUT2D eigenvalue weighted by atomic mass is 10.0. The topological polar surface area (TPSA) is 83.6 Å². The van der Waals surface area contributed by atoms with E-state index in [1.807, 2.05) is 0 Å². The number of nitrogens with one attached hydrogen (secondary N) is 1. The van der Waals surface area contributed by atoms with Crippen molar-refractivity contribution in [1.29, 1.82) is 0 Å². The van der Waals surface area contributed by atoms with Gasteiger partial charge in [0, 0.05) is 17.1 Å². The zero-order chi connectivity index (χ0) is 21.2. The minimum absolute atomic E-state index is 0.0444. The van der Waals surface area contributed by atoms with E-state index in [1.54, 1.807) is 12.1 Å². The lowest BCUT2D eigenvalue weighted by molar-refractivity contribution is -0.120. The van der Waals surface area contributed by atoms with E-state index in [0.29, 0.717) is 34.1 Å². The van der Waals surface area contributed by atoms with Gasteiger partial charge in [-0.2, -0.15) is 4.31 Å². The molecular formula is C20H20Cl2N2O4S. The molecule has 0 spiro atoms. The van der Waals surface area contributed by atoms with Gasteiger partial charge >= 0.3 is 0 Å². The molecule has 3 rings (SSSR count). The predicted molar refractivity (Wildman–Crippen MR) is 113 cm³/mol. The molecule has 2 aromatic carbocycles. The standard InChI is InChI=1S/C20H20Cl2N2O4S/c1-13(25)14-5-8-16(9-6-14)29(27,28)24-11-3-2-4-19(24)20(26)23-18-12-15(21)7-10-17(18)22/h5-10,12,19H,2-4,11H2,1H3,(H,23,26). The summed E-state index contributed by atoms with van der Waals surface area (Å²) in [5, 5.41) is 3.41. The maximum absolute atomic E-state index is 13.2. The van der Waals surface area contributed by atoms with E-state index in [2.05, 4.69) is 5.32 Å². The highest BCUT2D eigenvalue weighted by atomic mass is 35.5. The summed E-state index contributed by atoms with van der Waals surface area (Å²) in [6.45, 7) is 1.65. The second kappa shape index (κ2) is 8.83. The first-order chi connectivity index (χ1) is 13.7. The molecule has 1 aliphatic rings. The number of nitrogens with zero attached hydrogens (tertiary/aromatic N) is 1. The Balaban J connectivity index is 1.87. The third kappa shape index (κ3) is 4.80. The molecule has 1 aliphatic heterocycles. The van der Waals surface area contributed by atoms with Crippen LogP contribution >= 0.6 is 23.2 Å². The van der Waals surface area contributed by atoms with Crippen molar-refractivity contribution in [2.75, 3.05) is 11.9 Å². The Kier molecular flexibility index (Phi) is 6.63. The summed E-state index contributed by atoms with van der Waals surface area (Å²) in [7, 11) is -3.91. The summed E-state index contributed by atoms with van der Waals surface area (Å²) in [5.41, 5.74) is 0.755. The van der Waals surface area contributed by atoms with Gasteiger partial charge in [-0.1, -0.05) is 41.8 Å². The van der Waals surface area contributed by atoms with Gasteiger partial charge in [-0.3, -0.25) is 9.59 Å². The molecule has 29 heavy (non-hydrogen) atoms. The third-order valence-electron chi connectivity index (χ3n) is 4.81. The minimum Gasteiger partial charge on any atom is -0.323 e. The molecule has 1 unspecified atom stereocenters. The number of carbonyl (C=O) groups is 2. The van der Waals surface area contributed by atoms with Crippen LogP contribution in [0.25, 0.3) is 0 Å². The van der Waals surface area contributed by atoms with Crippen LogP contribution in [-0.2, 0) is 14.8 Å². The molecule has 0 saturated carbocycles. The number of rotatable bonds is 5. The zero-order valence-electron chi connectivity index (χ0n) is 15.7. The van der Waals surface area contributed by atoms with Crippen LogP contribution in [0.3, 0.4) is 0 Å². The lowest BCUT2D eigenvalue weighted by Crippen LogP contribution is -2.49. The highest BCUT2D eigenvalue weighted by Crippen LogP contribution is 2.29. The highest BCUT2D eigenvalue weighted by Gasteiger charge is 2.37. The summed E-state index contributed by atoms with van der Waals surface area (Å²) < 4.78 is 27.6. The van der Waals surface area contributed by atoms with E-state index < -0.39 is 22.0 Å². The molecule has 1 atom stereocenters. The van der Waals surface area contributed by atoms with Gasteiger partial charge in [-0.05, 0) is 50.1 Å². The number of anilines is 1. The number of hydrogen-bond donors (Lipinski definition) is 1. The molecule has 1 saturated heterocycles. The molecule has 0 aromatic heterocycles. The number of carbonyl (C=O) groups excluding carboxylic acids is 2. The summed E-state index contributed by atoms with van der Waals surface area (Å²) >= 11 is 12.1. The van der Waals surface area contributed by atoms with Crippen LogP contribution in [0.1, 0.15) is 36.5 Å². The summed E-state index contributed by atoms with van der Waals surface area (Å²) in [5.74, 6) is -0.611. The first kappa shape index (κ1) is 21.8. The van der Waals surface area contributed by atoms with Gasteiger partial charge in [0.2, 0.25) is 15.9 Å². The van der Waals surface area contributed by atoms with E-state index in [0.717, 1.165) is 6.42 Å². The fourth-order valence-corrected chi connectivity index (χ4v) is 5.25. The van der Waals surface area contributed by atoms with Crippen molar-refractivity contribution in [2.24, 2.45) is 0 Å². The molecule has 0 bridgehead atoms. The number of ketones is 1. The molecule has 0 radical (unpaired) electrons. The Bertz CT molecular complexity index is 1040. The number of hydrogen-bond acceptors (Lipinski definition) is 4. The van der Waals surface area contributed by atoms with Crippen molar-refractivity contribution in [3.63, 3.8) is 0 Å². The number of piperidine rings is 1. The minimum atomic E-state index is -3.91. The fraction of sp³-hybridized carbons (Fsp3) is 0.300. The lowest BCUT2D eigenvalue weighted by Gasteiger charge is -2.33. The number of benzene rings is 2. The van der Waals surface area contributed by atoms with Crippen molar-refractivity contribution in [2.45, 2.75) is 37.1 Å². The maximum Gasteiger partial charge on any atom is 0.243 e. The van der Waals surface area contributed by atoms with Crippen molar-refractivity contribution >= 4 is 50.6 Å². The van der Waals surface area contributed by atoms with Crippen LogP contribution < -0.4 is 5.32 Å². The Morgan fingerprint density at radius 3 is 2.41 bits per heavy atom. The van der Waals surface area contributed by atoms with Crippen LogP contribution in [-0.4, -0.2) is 37.0 Å².